The molecule has 0 saturated carbocycles. The first-order chi connectivity index (χ1) is 14.8. The van der Waals surface area contributed by atoms with Crippen LogP contribution in [0.1, 0.15) is 21.7 Å². The van der Waals surface area contributed by atoms with E-state index < -0.39 is 0 Å². The van der Waals surface area contributed by atoms with Crippen LogP contribution in [0, 0.1) is 0 Å². The fourth-order valence-corrected chi connectivity index (χ4v) is 3.76. The van der Waals surface area contributed by atoms with E-state index in [1.807, 2.05) is 78.9 Å². The minimum Gasteiger partial charge on any atom is -0.269 e. The first-order valence-electron chi connectivity index (χ1n) is 9.32. The molecule has 0 aliphatic rings. The highest BCUT2D eigenvalue weighted by Crippen LogP contribution is 2.26. The molecular weight excluding hydrogens is 398 g/mol. The maximum absolute atomic E-state index is 12.6. The first kappa shape index (κ1) is 19.8. The maximum atomic E-state index is 12.6. The average Bonchev–Trinajstić information content (AvgIpc) is 3.28. The van der Waals surface area contributed by atoms with Crippen LogP contribution in [-0.4, -0.2) is 26.1 Å². The van der Waals surface area contributed by atoms with Crippen molar-refractivity contribution in [1.29, 1.82) is 0 Å². The number of thioether (sulfide) groups is 1. The van der Waals surface area contributed by atoms with Crippen LogP contribution in [0.15, 0.2) is 89.8 Å². The Kier molecular flexibility index (Phi) is 6.48. The van der Waals surface area contributed by atoms with Crippen molar-refractivity contribution in [3.8, 4) is 5.69 Å². The van der Waals surface area contributed by atoms with Gasteiger partial charge in [-0.3, -0.25) is 9.63 Å². The molecule has 1 aromatic heterocycles. The number of carbonyl (C=O) groups is 1. The Morgan fingerprint density at radius 3 is 2.43 bits per heavy atom. The van der Waals surface area contributed by atoms with Gasteiger partial charge in [-0.25, -0.2) is 5.48 Å². The molecule has 0 radical (unpaired) electrons. The van der Waals surface area contributed by atoms with Crippen molar-refractivity contribution >= 4 is 17.7 Å². The number of benzene rings is 3. The summed E-state index contributed by atoms with van der Waals surface area (Å²) in [5, 5.41) is 12.0. The fraction of sp³-hybridized carbons (Fsp3) is 0.0909. The molecule has 4 aromatic rings. The molecule has 30 heavy (non-hydrogen) atoms. The number of hydrogen-bond acceptors (Lipinski definition) is 6. The lowest BCUT2D eigenvalue weighted by Crippen LogP contribution is -2.24. The van der Waals surface area contributed by atoms with Crippen molar-refractivity contribution in [1.82, 2.24) is 25.7 Å². The molecule has 8 heteroatoms. The summed E-state index contributed by atoms with van der Waals surface area (Å²) in [4.78, 5) is 18.8. The number of para-hydroxylation sites is 1. The maximum Gasteiger partial charge on any atom is 0.275 e. The average molecular weight is 417 g/mol. The van der Waals surface area contributed by atoms with E-state index in [1.165, 1.54) is 11.8 Å². The van der Waals surface area contributed by atoms with Crippen molar-refractivity contribution < 1.29 is 9.63 Å². The van der Waals surface area contributed by atoms with Crippen LogP contribution in [0.4, 0.5) is 0 Å². The molecule has 0 unspecified atom stereocenters. The highest BCUT2D eigenvalue weighted by molar-refractivity contribution is 7.98. The number of aromatic nitrogens is 4. The number of hydrogen-bond donors (Lipinski definition) is 1. The molecule has 3 aromatic carbocycles. The van der Waals surface area contributed by atoms with Crippen LogP contribution in [-0.2, 0) is 17.2 Å². The monoisotopic (exact) mass is 417 g/mol. The number of hydroxylamine groups is 1. The van der Waals surface area contributed by atoms with Crippen LogP contribution < -0.4 is 5.48 Å². The van der Waals surface area contributed by atoms with Gasteiger partial charge in [0.15, 0.2) is 5.82 Å². The van der Waals surface area contributed by atoms with Crippen molar-refractivity contribution in [2.45, 2.75) is 17.3 Å². The van der Waals surface area contributed by atoms with Crippen molar-refractivity contribution in [3.05, 3.63) is 102 Å². The lowest BCUT2D eigenvalue weighted by atomic mass is 10.2. The Balaban J connectivity index is 1.40. The molecular formula is C22H19N5O2S. The Morgan fingerprint density at radius 1 is 0.933 bits per heavy atom. The predicted octanol–water partition coefficient (Wildman–Crippen LogP) is 3.82. The van der Waals surface area contributed by atoms with E-state index >= 15 is 0 Å². The van der Waals surface area contributed by atoms with Crippen molar-refractivity contribution in [2.24, 2.45) is 0 Å². The summed E-state index contributed by atoms with van der Waals surface area (Å²) < 4.78 is 1.69. The van der Waals surface area contributed by atoms with E-state index in [-0.39, 0.29) is 5.91 Å². The second kappa shape index (κ2) is 9.82. The number of nitrogens with one attached hydrogen (secondary N) is 1. The summed E-state index contributed by atoms with van der Waals surface area (Å²) in [6.45, 7) is 0.299. The Morgan fingerprint density at radius 2 is 1.63 bits per heavy atom. The summed E-state index contributed by atoms with van der Waals surface area (Å²) >= 11 is 1.49. The molecule has 150 valence electrons. The van der Waals surface area contributed by atoms with Crippen LogP contribution in [0.2, 0.25) is 0 Å². The molecule has 0 atom stereocenters. The largest absolute Gasteiger partial charge is 0.275 e. The Labute approximate surface area is 178 Å². The van der Waals surface area contributed by atoms with Gasteiger partial charge in [0.25, 0.3) is 5.91 Å². The van der Waals surface area contributed by atoms with Gasteiger partial charge in [0.2, 0.25) is 0 Å². The van der Waals surface area contributed by atoms with Gasteiger partial charge >= 0.3 is 0 Å². The lowest BCUT2D eigenvalue weighted by molar-refractivity contribution is 0.0231. The highest BCUT2D eigenvalue weighted by Gasteiger charge is 2.14. The molecule has 7 nitrogen and oxygen atoms in total. The van der Waals surface area contributed by atoms with Crippen LogP contribution in [0.5, 0.6) is 0 Å². The predicted molar refractivity (Wildman–Crippen MR) is 114 cm³/mol. The third kappa shape index (κ3) is 4.91. The second-order valence-corrected chi connectivity index (χ2v) is 7.35. The first-order valence-corrected chi connectivity index (χ1v) is 10.3. The summed E-state index contributed by atoms with van der Waals surface area (Å²) in [5.41, 5.74) is 4.92. The molecule has 1 heterocycles. The van der Waals surface area contributed by atoms with Gasteiger partial charge in [0.05, 0.1) is 23.6 Å². The molecule has 0 aliphatic carbocycles. The number of nitrogens with zero attached hydrogens (tertiary/aromatic N) is 4. The fourth-order valence-electron chi connectivity index (χ4n) is 2.80. The summed E-state index contributed by atoms with van der Waals surface area (Å²) in [6, 6.07) is 26.7. The Hall–Kier alpha value is -3.49. The zero-order valence-electron chi connectivity index (χ0n) is 16.0. The summed E-state index contributed by atoms with van der Waals surface area (Å²) in [7, 11) is 0. The van der Waals surface area contributed by atoms with E-state index in [1.54, 1.807) is 10.7 Å². The van der Waals surface area contributed by atoms with E-state index in [4.69, 9.17) is 4.84 Å². The summed E-state index contributed by atoms with van der Waals surface area (Å²) in [6.07, 6.45) is 0. The van der Waals surface area contributed by atoms with Crippen molar-refractivity contribution in [2.75, 3.05) is 0 Å². The quantitative estimate of drug-likeness (QED) is 0.347. The van der Waals surface area contributed by atoms with Crippen molar-refractivity contribution in [3.63, 3.8) is 0 Å². The van der Waals surface area contributed by atoms with E-state index in [2.05, 4.69) is 21.0 Å². The van der Waals surface area contributed by atoms with E-state index in [0.29, 0.717) is 23.7 Å². The molecule has 0 saturated heterocycles. The number of tetrazole rings is 1. The lowest BCUT2D eigenvalue weighted by Gasteiger charge is -2.10. The molecule has 4 rings (SSSR count). The van der Waals surface area contributed by atoms with Crippen LogP contribution in [0.25, 0.3) is 5.69 Å². The highest BCUT2D eigenvalue weighted by atomic mass is 32.2. The molecule has 0 aliphatic heterocycles. The van der Waals surface area contributed by atoms with Gasteiger partial charge in [-0.15, -0.1) is 16.9 Å². The van der Waals surface area contributed by atoms with Gasteiger partial charge < -0.3 is 0 Å². The van der Waals surface area contributed by atoms with Gasteiger partial charge in [-0.2, -0.15) is 4.68 Å². The summed E-state index contributed by atoms with van der Waals surface area (Å²) in [5.74, 6) is 0.912. The zero-order chi connectivity index (χ0) is 20.6. The molecule has 1 amide bonds. The standard InChI is InChI=1S/C22H19N5O2S/c28-22(24-29-15-17-9-3-1-4-10-17)19-13-7-8-14-20(19)30-16-21-23-25-26-27(21)18-11-5-2-6-12-18/h1-14H,15-16H2,(H,24,28). The number of amides is 1. The smallest absolute Gasteiger partial charge is 0.269 e. The third-order valence-corrected chi connectivity index (χ3v) is 5.34. The second-order valence-electron chi connectivity index (χ2n) is 6.33. The SMILES string of the molecule is O=C(NOCc1ccccc1)c1ccccc1SCc1nnnn1-c1ccccc1. The molecule has 1 N–H and O–H groups in total. The molecule has 0 fully saturated rings. The van der Waals surface area contributed by atoms with E-state index in [0.717, 1.165) is 16.1 Å². The normalized spacial score (nSPS) is 10.7. The Bertz CT molecular complexity index is 1100. The minimum absolute atomic E-state index is 0.295. The molecule has 0 spiro atoms. The zero-order valence-corrected chi connectivity index (χ0v) is 16.8. The van der Waals surface area contributed by atoms with Gasteiger partial charge in [-0.1, -0.05) is 60.7 Å². The van der Waals surface area contributed by atoms with Gasteiger partial charge in [0, 0.05) is 4.90 Å². The van der Waals surface area contributed by atoms with Crippen LogP contribution >= 0.6 is 11.8 Å². The third-order valence-electron chi connectivity index (χ3n) is 4.27. The number of carbonyl (C=O) groups excluding carboxylic acids is 1. The van der Waals surface area contributed by atoms with Crippen LogP contribution in [0.3, 0.4) is 0 Å². The number of rotatable bonds is 8. The van der Waals surface area contributed by atoms with E-state index in [9.17, 15) is 4.79 Å². The van der Waals surface area contributed by atoms with Gasteiger partial charge in [0.1, 0.15) is 0 Å². The van der Waals surface area contributed by atoms with Gasteiger partial charge in [-0.05, 0) is 40.3 Å². The topological polar surface area (TPSA) is 81.9 Å². The minimum atomic E-state index is -0.295. The molecule has 0 bridgehead atoms.